The van der Waals surface area contributed by atoms with Gasteiger partial charge in [-0.25, -0.2) is 8.42 Å². The average Bonchev–Trinajstić information content (AvgIpc) is 3.02. The van der Waals surface area contributed by atoms with E-state index in [-0.39, 0.29) is 30.2 Å². The first-order chi connectivity index (χ1) is 12.4. The van der Waals surface area contributed by atoms with Gasteiger partial charge in [-0.3, -0.25) is 9.78 Å². The number of hydrogen-bond acceptors (Lipinski definition) is 6. The van der Waals surface area contributed by atoms with Crippen LogP contribution in [0.15, 0.2) is 24.5 Å². The Bertz CT molecular complexity index is 710. The Morgan fingerprint density at radius 2 is 2.27 bits per heavy atom. The number of hydrogen-bond donors (Lipinski definition) is 0. The molecule has 0 aromatic carbocycles. The molecule has 8 heteroatoms. The lowest BCUT2D eigenvalue weighted by Gasteiger charge is -2.37. The Hall–Kier alpha value is -1.51. The zero-order valence-corrected chi connectivity index (χ0v) is 15.9. The van der Waals surface area contributed by atoms with Crippen LogP contribution in [0.1, 0.15) is 24.8 Å². The van der Waals surface area contributed by atoms with E-state index in [1.54, 1.807) is 12.4 Å². The van der Waals surface area contributed by atoms with Gasteiger partial charge in [-0.15, -0.1) is 0 Å². The van der Waals surface area contributed by atoms with Gasteiger partial charge in [0.15, 0.2) is 0 Å². The molecule has 2 aliphatic rings. The first-order valence-corrected chi connectivity index (χ1v) is 11.0. The van der Waals surface area contributed by atoms with Crippen LogP contribution < -0.4 is 0 Å². The van der Waals surface area contributed by atoms with Crippen LogP contribution in [0.3, 0.4) is 0 Å². The molecular formula is C18H26N2O5S. The van der Waals surface area contributed by atoms with Crippen molar-refractivity contribution in [3.63, 3.8) is 0 Å². The summed E-state index contributed by atoms with van der Waals surface area (Å²) in [5.74, 6) is 0.147. The molecule has 1 saturated carbocycles. The minimum atomic E-state index is -3.13. The third kappa shape index (κ3) is 5.25. The molecule has 144 valence electrons. The summed E-state index contributed by atoms with van der Waals surface area (Å²) < 4.78 is 34.3. The van der Waals surface area contributed by atoms with Gasteiger partial charge < -0.3 is 14.4 Å². The molecule has 3 atom stereocenters. The van der Waals surface area contributed by atoms with Gasteiger partial charge in [0.05, 0.1) is 37.7 Å². The van der Waals surface area contributed by atoms with E-state index in [0.717, 1.165) is 24.7 Å². The lowest BCUT2D eigenvalue weighted by atomic mass is 10.1. The number of pyridine rings is 1. The number of rotatable bonds is 7. The maximum atomic E-state index is 12.5. The quantitative estimate of drug-likeness (QED) is 0.700. The van der Waals surface area contributed by atoms with E-state index in [4.69, 9.17) is 9.47 Å². The predicted octanol–water partition coefficient (Wildman–Crippen LogP) is 1.04. The summed E-state index contributed by atoms with van der Waals surface area (Å²) in [7, 11) is -3.13. The van der Waals surface area contributed by atoms with Gasteiger partial charge in [0.2, 0.25) is 5.91 Å². The van der Waals surface area contributed by atoms with E-state index in [1.807, 2.05) is 17.0 Å². The maximum absolute atomic E-state index is 12.5. The molecule has 0 N–H and O–H groups in total. The van der Waals surface area contributed by atoms with Crippen LogP contribution in [0.25, 0.3) is 0 Å². The molecule has 0 radical (unpaired) electrons. The topological polar surface area (TPSA) is 85.8 Å². The molecule has 1 aromatic heterocycles. The van der Waals surface area contributed by atoms with Gasteiger partial charge in [0.25, 0.3) is 0 Å². The van der Waals surface area contributed by atoms with Crippen LogP contribution in [0.5, 0.6) is 0 Å². The van der Waals surface area contributed by atoms with Gasteiger partial charge in [-0.1, -0.05) is 6.07 Å². The van der Waals surface area contributed by atoms with E-state index in [9.17, 15) is 13.2 Å². The third-order valence-electron chi connectivity index (χ3n) is 4.99. The fourth-order valence-electron chi connectivity index (χ4n) is 3.74. The van der Waals surface area contributed by atoms with Crippen LogP contribution in [-0.2, 0) is 30.7 Å². The summed E-state index contributed by atoms with van der Waals surface area (Å²) in [4.78, 5) is 18.4. The van der Waals surface area contributed by atoms with Crippen molar-refractivity contribution in [2.45, 2.75) is 38.0 Å². The minimum absolute atomic E-state index is 0.0259. The molecule has 1 aliphatic carbocycles. The number of amides is 1. The lowest BCUT2D eigenvalue weighted by Crippen LogP contribution is -2.51. The van der Waals surface area contributed by atoms with Crippen molar-refractivity contribution in [3.8, 4) is 0 Å². The molecule has 1 aromatic rings. The van der Waals surface area contributed by atoms with Crippen molar-refractivity contribution in [2.75, 3.05) is 31.8 Å². The van der Waals surface area contributed by atoms with Crippen molar-refractivity contribution in [2.24, 2.45) is 5.92 Å². The fraction of sp³-hybridized carbons (Fsp3) is 0.667. The van der Waals surface area contributed by atoms with E-state index in [1.165, 1.54) is 0 Å². The Morgan fingerprint density at radius 1 is 1.42 bits per heavy atom. The summed E-state index contributed by atoms with van der Waals surface area (Å²) in [5, 5.41) is 0. The maximum Gasteiger partial charge on any atom is 0.224 e. The number of morpholine rings is 1. The van der Waals surface area contributed by atoms with Crippen molar-refractivity contribution in [1.29, 1.82) is 0 Å². The Morgan fingerprint density at radius 3 is 3.00 bits per heavy atom. The molecule has 0 bridgehead atoms. The Kier molecular flexibility index (Phi) is 6.26. The van der Waals surface area contributed by atoms with Crippen molar-refractivity contribution in [1.82, 2.24) is 9.88 Å². The van der Waals surface area contributed by atoms with Gasteiger partial charge in [0.1, 0.15) is 9.84 Å². The van der Waals surface area contributed by atoms with E-state index in [2.05, 4.69) is 4.98 Å². The summed E-state index contributed by atoms with van der Waals surface area (Å²) in [6, 6.07) is 3.89. The van der Waals surface area contributed by atoms with Gasteiger partial charge in [-0.2, -0.15) is 0 Å². The molecular weight excluding hydrogens is 356 g/mol. The molecule has 3 unspecified atom stereocenters. The molecule has 3 rings (SSSR count). The second-order valence-corrected chi connectivity index (χ2v) is 9.42. The second-order valence-electron chi connectivity index (χ2n) is 7.16. The smallest absolute Gasteiger partial charge is 0.224 e. The molecule has 0 spiro atoms. The van der Waals surface area contributed by atoms with Gasteiger partial charge in [-0.05, 0) is 30.4 Å². The van der Waals surface area contributed by atoms with Gasteiger partial charge >= 0.3 is 0 Å². The van der Waals surface area contributed by atoms with Crippen LogP contribution in [-0.4, -0.2) is 68.1 Å². The highest BCUT2D eigenvalue weighted by Gasteiger charge is 2.42. The van der Waals surface area contributed by atoms with Crippen LogP contribution >= 0.6 is 0 Å². The van der Waals surface area contributed by atoms with Crippen molar-refractivity contribution < 1.29 is 22.7 Å². The highest BCUT2D eigenvalue weighted by molar-refractivity contribution is 7.90. The number of carbonyl (C=O) groups is 1. The summed E-state index contributed by atoms with van der Waals surface area (Å²) >= 11 is 0. The number of aromatic nitrogens is 1. The first-order valence-electron chi connectivity index (χ1n) is 8.98. The molecule has 26 heavy (non-hydrogen) atoms. The minimum Gasteiger partial charge on any atom is -0.376 e. The fourth-order valence-corrected chi connectivity index (χ4v) is 4.28. The number of sulfone groups is 1. The Labute approximate surface area is 154 Å². The van der Waals surface area contributed by atoms with E-state index in [0.29, 0.717) is 32.3 Å². The van der Waals surface area contributed by atoms with Crippen LogP contribution in [0, 0.1) is 5.92 Å². The standard InChI is InChI=1S/C18H26N2O5S/c1-26(22,23)8-4-18(21)20-6-7-25-17-10-15(9-16(17)20)13-24-12-14-3-2-5-19-11-14/h2-3,5,11,15-17H,4,6-10,12-13H2,1H3. The number of ether oxygens (including phenoxy) is 2. The zero-order chi connectivity index (χ0) is 18.6. The van der Waals surface area contributed by atoms with Crippen molar-refractivity contribution >= 4 is 15.7 Å². The molecule has 1 aliphatic heterocycles. The highest BCUT2D eigenvalue weighted by Crippen LogP contribution is 2.34. The van der Waals surface area contributed by atoms with Gasteiger partial charge in [0, 0.05) is 31.6 Å². The predicted molar refractivity (Wildman–Crippen MR) is 96.2 cm³/mol. The molecule has 1 saturated heterocycles. The summed E-state index contributed by atoms with van der Waals surface area (Å²) in [5.41, 5.74) is 1.04. The summed E-state index contributed by atoms with van der Waals surface area (Å²) in [6.07, 6.45) is 6.46. The SMILES string of the molecule is CS(=O)(=O)CCC(=O)N1CCOC2CC(COCc3cccnc3)CC21. The molecule has 2 fully saturated rings. The second kappa shape index (κ2) is 8.45. The molecule has 2 heterocycles. The summed E-state index contributed by atoms with van der Waals surface area (Å²) in [6.45, 7) is 2.19. The van der Waals surface area contributed by atoms with E-state index >= 15 is 0 Å². The molecule has 7 nitrogen and oxygen atoms in total. The third-order valence-corrected chi connectivity index (χ3v) is 5.93. The van der Waals surface area contributed by atoms with Crippen LogP contribution in [0.2, 0.25) is 0 Å². The average molecular weight is 382 g/mol. The number of fused-ring (bicyclic) bond motifs is 1. The Balaban J connectivity index is 1.50. The monoisotopic (exact) mass is 382 g/mol. The number of nitrogens with zero attached hydrogens (tertiary/aromatic N) is 2. The largest absolute Gasteiger partial charge is 0.376 e. The highest BCUT2D eigenvalue weighted by atomic mass is 32.2. The van der Waals surface area contributed by atoms with Crippen LogP contribution in [0.4, 0.5) is 0 Å². The normalized spacial score (nSPS) is 25.9. The molecule has 1 amide bonds. The first kappa shape index (κ1) is 19.3. The zero-order valence-electron chi connectivity index (χ0n) is 15.0. The number of carbonyl (C=O) groups excluding carboxylic acids is 1. The van der Waals surface area contributed by atoms with E-state index < -0.39 is 9.84 Å². The lowest BCUT2D eigenvalue weighted by molar-refractivity contribution is -0.143. The van der Waals surface area contributed by atoms with Crippen molar-refractivity contribution in [3.05, 3.63) is 30.1 Å².